The van der Waals surface area contributed by atoms with Gasteiger partial charge in [-0.3, -0.25) is 24.0 Å². The molecule has 1 unspecified atom stereocenters. The van der Waals surface area contributed by atoms with E-state index in [1.54, 1.807) is 58.0 Å². The highest BCUT2D eigenvalue weighted by Crippen LogP contribution is 2.23. The number of carbonyl (C=O) groups is 6. The van der Waals surface area contributed by atoms with E-state index in [4.69, 9.17) is 10.5 Å². The van der Waals surface area contributed by atoms with Crippen molar-refractivity contribution in [2.24, 2.45) is 29.4 Å². The Labute approximate surface area is 335 Å². The van der Waals surface area contributed by atoms with Gasteiger partial charge in [0, 0.05) is 12.5 Å². The number of benzene rings is 2. The van der Waals surface area contributed by atoms with Gasteiger partial charge in [-0.25, -0.2) is 4.79 Å². The number of rotatable bonds is 18. The number of primary amides is 1. The van der Waals surface area contributed by atoms with Gasteiger partial charge in [0.15, 0.2) is 0 Å². The predicted molar refractivity (Wildman–Crippen MR) is 215 cm³/mol. The molecule has 8 N–H and O–H groups in total. The van der Waals surface area contributed by atoms with Gasteiger partial charge >= 0.3 is 5.97 Å². The number of allylic oxidation sites excluding steroid dienone is 1. The molecule has 0 radical (unpaired) electrons. The lowest BCUT2D eigenvalue weighted by Gasteiger charge is -2.29. The van der Waals surface area contributed by atoms with E-state index in [-0.39, 0.29) is 30.3 Å². The predicted octanol–water partition coefficient (Wildman–Crippen LogP) is 3.49. The first-order valence-corrected chi connectivity index (χ1v) is 19.7. The Hall–Kier alpha value is -5.66. The number of amides is 5. The van der Waals surface area contributed by atoms with E-state index < -0.39 is 84.0 Å². The molecule has 0 fully saturated rings. The maximum absolute atomic E-state index is 14.1. The zero-order chi connectivity index (χ0) is 42.1. The maximum atomic E-state index is 14.1. The third-order valence-corrected chi connectivity index (χ3v) is 9.74. The molecule has 1 aliphatic heterocycles. The molecular weight excluding hydrogens is 730 g/mol. The quantitative estimate of drug-likeness (QED) is 0.0666. The van der Waals surface area contributed by atoms with Gasteiger partial charge in [0.05, 0.1) is 17.9 Å². The first-order valence-electron chi connectivity index (χ1n) is 19.7. The molecule has 0 bridgehead atoms. The van der Waals surface area contributed by atoms with Crippen molar-refractivity contribution in [1.29, 1.82) is 0 Å². The number of cyclic esters (lactones) is 1. The molecule has 3 rings (SSSR count). The number of hydrogen-bond donors (Lipinski definition) is 7. The summed E-state index contributed by atoms with van der Waals surface area (Å²) in [4.78, 5) is 80.7. The number of nitrogens with two attached hydrogens (primary N) is 1. The Bertz CT molecular complexity index is 1720. The molecule has 57 heavy (non-hydrogen) atoms. The molecule has 1 aliphatic rings. The fourth-order valence-electron chi connectivity index (χ4n) is 6.38. The second-order valence-corrected chi connectivity index (χ2v) is 15.2. The first-order chi connectivity index (χ1) is 27.1. The van der Waals surface area contributed by atoms with Crippen LogP contribution < -0.4 is 27.0 Å². The molecule has 2 aromatic carbocycles. The zero-order valence-corrected chi connectivity index (χ0v) is 33.5. The molecule has 14 heteroatoms. The second kappa shape index (κ2) is 22.8. The van der Waals surface area contributed by atoms with Gasteiger partial charge in [-0.2, -0.15) is 0 Å². The highest BCUT2D eigenvalue weighted by atomic mass is 16.5. The molecule has 1 heterocycles. The summed E-state index contributed by atoms with van der Waals surface area (Å²) in [5, 5.41) is 30.5. The number of phenolic OH excluding ortho intramolecular Hbond substituents is 2. The van der Waals surface area contributed by atoms with Gasteiger partial charge in [0.25, 0.3) is 0 Å². The van der Waals surface area contributed by atoms with Gasteiger partial charge in [-0.1, -0.05) is 96.4 Å². The zero-order valence-electron chi connectivity index (χ0n) is 33.5. The average Bonchev–Trinajstić information content (AvgIpc) is 3.16. The molecule has 0 aliphatic carbocycles. The van der Waals surface area contributed by atoms with Crippen LogP contribution in [0.5, 0.6) is 11.5 Å². The summed E-state index contributed by atoms with van der Waals surface area (Å²) >= 11 is 0. The molecular formula is C43H59N5O9. The SMILES string of the molecule is CCCCCCC=CC(C(N)=O)[C@H](Cc1ccc(O)cc1)C(=O)N[C@H](C(=O)N[C@@H]1/C=C\C(=O)N[C@@H](C(C)C)C(=O)N[C@@H](Cc2ccc(O)cc2)C(=O)OC1)C(C)C. The van der Waals surface area contributed by atoms with Crippen molar-refractivity contribution < 1.29 is 43.7 Å². The topological polar surface area (TPSA) is 226 Å². The van der Waals surface area contributed by atoms with E-state index in [0.717, 1.165) is 31.8 Å². The Morgan fingerprint density at radius 1 is 0.895 bits per heavy atom. The number of ether oxygens (including phenoxy) is 1. The Morgan fingerprint density at radius 2 is 1.53 bits per heavy atom. The van der Waals surface area contributed by atoms with E-state index in [2.05, 4.69) is 28.2 Å². The number of esters is 1. The number of hydrogen-bond acceptors (Lipinski definition) is 9. The van der Waals surface area contributed by atoms with Gasteiger partial charge in [-0.15, -0.1) is 0 Å². The number of aromatic hydroxyl groups is 2. The van der Waals surface area contributed by atoms with Crippen LogP contribution >= 0.6 is 0 Å². The number of unbranched alkanes of at least 4 members (excludes halogenated alkanes) is 4. The van der Waals surface area contributed by atoms with Gasteiger partial charge in [-0.05, 0) is 66.5 Å². The van der Waals surface area contributed by atoms with Crippen LogP contribution in [0.1, 0.15) is 77.8 Å². The van der Waals surface area contributed by atoms with Crippen molar-refractivity contribution in [2.45, 2.75) is 104 Å². The molecule has 0 saturated heterocycles. The minimum Gasteiger partial charge on any atom is -0.508 e. The minimum atomic E-state index is -1.17. The smallest absolute Gasteiger partial charge is 0.329 e. The summed E-state index contributed by atoms with van der Waals surface area (Å²) < 4.78 is 5.61. The Kier molecular flexibility index (Phi) is 18.3. The van der Waals surface area contributed by atoms with E-state index in [9.17, 15) is 39.0 Å². The summed E-state index contributed by atoms with van der Waals surface area (Å²) in [7, 11) is 0. The van der Waals surface area contributed by atoms with Crippen molar-refractivity contribution in [2.75, 3.05) is 6.61 Å². The van der Waals surface area contributed by atoms with Crippen LogP contribution in [0.25, 0.3) is 0 Å². The van der Waals surface area contributed by atoms with Crippen molar-refractivity contribution >= 4 is 35.5 Å². The molecule has 6 atom stereocenters. The molecule has 310 valence electrons. The monoisotopic (exact) mass is 789 g/mol. The largest absolute Gasteiger partial charge is 0.508 e. The highest BCUT2D eigenvalue weighted by molar-refractivity contribution is 5.95. The molecule has 5 amide bonds. The van der Waals surface area contributed by atoms with Crippen molar-refractivity contribution in [3.63, 3.8) is 0 Å². The van der Waals surface area contributed by atoms with Gasteiger partial charge in [0.1, 0.15) is 36.2 Å². The molecule has 0 saturated carbocycles. The normalized spacial score (nSPS) is 20.0. The third kappa shape index (κ3) is 15.1. The van der Waals surface area contributed by atoms with Crippen LogP contribution in [-0.2, 0) is 46.3 Å². The molecule has 14 nitrogen and oxygen atoms in total. The second-order valence-electron chi connectivity index (χ2n) is 15.2. The van der Waals surface area contributed by atoms with Crippen LogP contribution in [0.15, 0.2) is 72.8 Å². The molecule has 2 aromatic rings. The van der Waals surface area contributed by atoms with Crippen LogP contribution in [0.3, 0.4) is 0 Å². The van der Waals surface area contributed by atoms with E-state index in [0.29, 0.717) is 17.5 Å². The van der Waals surface area contributed by atoms with E-state index in [1.807, 2.05) is 6.08 Å². The lowest BCUT2D eigenvalue weighted by Crippen LogP contribution is -2.56. The number of carbonyl (C=O) groups excluding carboxylic acids is 6. The van der Waals surface area contributed by atoms with Crippen LogP contribution in [0.2, 0.25) is 0 Å². The number of nitrogens with one attached hydrogen (secondary N) is 4. The van der Waals surface area contributed by atoms with Crippen LogP contribution in [0.4, 0.5) is 0 Å². The average molecular weight is 790 g/mol. The highest BCUT2D eigenvalue weighted by Gasteiger charge is 2.35. The number of phenols is 2. The maximum Gasteiger partial charge on any atom is 0.329 e. The fourth-order valence-corrected chi connectivity index (χ4v) is 6.38. The molecule has 0 aromatic heterocycles. The minimum absolute atomic E-state index is 0.0174. The van der Waals surface area contributed by atoms with Crippen molar-refractivity contribution in [3.05, 3.63) is 84.0 Å². The fraction of sp³-hybridized carbons (Fsp3) is 0.488. The summed E-state index contributed by atoms with van der Waals surface area (Å²) in [6, 6.07) is 8.02. The Balaban J connectivity index is 1.88. The summed E-state index contributed by atoms with van der Waals surface area (Å²) in [6.07, 6.45) is 10.9. The Morgan fingerprint density at radius 3 is 2.11 bits per heavy atom. The third-order valence-electron chi connectivity index (χ3n) is 9.74. The van der Waals surface area contributed by atoms with Gasteiger partial charge in [0.2, 0.25) is 29.5 Å². The van der Waals surface area contributed by atoms with Gasteiger partial charge < -0.3 is 42.0 Å². The standard InChI is InChI=1S/C43H59N5O9/c1-6-7-8-9-10-11-12-33(39(44)52)34(23-28-13-18-31(49)19-14-28)40(53)48-38(27(4)5)41(54)45-30-17-22-36(51)47-37(26(2)3)42(55)46-35(43(56)57-25-30)24-29-15-20-32(50)21-16-29/h11-22,26-27,30,33-35,37-38,49-50H,6-10,23-25H2,1-5H3,(H2,44,52)(H,45,54)(H,46,55)(H,47,51)(H,48,53)/b12-11?,22-17-/t30-,33?,34+,35+,37+,38+/m1/s1. The lowest BCUT2D eigenvalue weighted by molar-refractivity contribution is -0.149. The van der Waals surface area contributed by atoms with Crippen LogP contribution in [-0.4, -0.2) is 76.5 Å². The first kappa shape index (κ1) is 45.7. The molecule has 0 spiro atoms. The van der Waals surface area contributed by atoms with E-state index in [1.165, 1.54) is 30.3 Å². The summed E-state index contributed by atoms with van der Waals surface area (Å²) in [5.41, 5.74) is 7.16. The summed E-state index contributed by atoms with van der Waals surface area (Å²) in [5.74, 6) is -6.69. The van der Waals surface area contributed by atoms with Crippen molar-refractivity contribution in [1.82, 2.24) is 21.3 Å². The van der Waals surface area contributed by atoms with Crippen LogP contribution in [0, 0.1) is 23.7 Å². The summed E-state index contributed by atoms with van der Waals surface area (Å²) in [6.45, 7) is 8.63. The lowest BCUT2D eigenvalue weighted by atomic mass is 9.84. The van der Waals surface area contributed by atoms with E-state index >= 15 is 0 Å². The van der Waals surface area contributed by atoms with Crippen molar-refractivity contribution in [3.8, 4) is 11.5 Å².